The SMILES string of the molecule is CC(C)(O)c1cc2c(c(O)c1O[C@@H]1O[C@H](CO)[C@@H](O)[C@@H](O)[C@H]1O)C[C@@]1(O)CCCC(C)(C)C1C[C@@H]2O. The van der Waals surface area contributed by atoms with E-state index in [0.717, 1.165) is 12.8 Å². The molecule has 0 aromatic heterocycles. The van der Waals surface area contributed by atoms with Gasteiger partial charge in [0.05, 0.1) is 23.9 Å². The quantitative estimate of drug-likeness (QED) is 0.280. The van der Waals surface area contributed by atoms with Crippen molar-refractivity contribution in [1.29, 1.82) is 0 Å². The lowest BCUT2D eigenvalue weighted by Gasteiger charge is -2.49. The van der Waals surface area contributed by atoms with Crippen LogP contribution in [0, 0.1) is 11.3 Å². The summed E-state index contributed by atoms with van der Waals surface area (Å²) in [6.45, 7) is 6.41. The van der Waals surface area contributed by atoms with E-state index in [1.165, 1.54) is 19.9 Å². The number of benzene rings is 1. The maximum atomic E-state index is 11.7. The number of phenols is 1. The van der Waals surface area contributed by atoms with Crippen LogP contribution in [-0.2, 0) is 16.8 Å². The molecule has 4 rings (SSSR count). The number of fused-ring (bicyclic) bond motifs is 2. The van der Waals surface area contributed by atoms with Gasteiger partial charge in [0.1, 0.15) is 24.4 Å². The maximum absolute atomic E-state index is 11.7. The van der Waals surface area contributed by atoms with Gasteiger partial charge in [0.25, 0.3) is 0 Å². The fraction of sp³-hybridized carbons (Fsp3) is 0.769. The van der Waals surface area contributed by atoms with E-state index in [1.54, 1.807) is 0 Å². The van der Waals surface area contributed by atoms with E-state index in [4.69, 9.17) is 9.47 Å². The first-order valence-corrected chi connectivity index (χ1v) is 12.6. The molecule has 10 nitrogen and oxygen atoms in total. The number of aromatic hydroxyl groups is 1. The molecule has 0 radical (unpaired) electrons. The molecule has 2 aliphatic carbocycles. The molecule has 204 valence electrons. The Labute approximate surface area is 210 Å². The smallest absolute Gasteiger partial charge is 0.229 e. The van der Waals surface area contributed by atoms with Crippen molar-refractivity contribution in [2.75, 3.05) is 6.61 Å². The van der Waals surface area contributed by atoms with Crippen LogP contribution in [0.15, 0.2) is 6.07 Å². The molecule has 0 spiro atoms. The van der Waals surface area contributed by atoms with E-state index in [0.29, 0.717) is 12.0 Å². The number of aliphatic hydroxyl groups is 7. The largest absolute Gasteiger partial charge is 0.504 e. The second kappa shape index (κ2) is 9.36. The number of hydrogen-bond acceptors (Lipinski definition) is 10. The highest BCUT2D eigenvalue weighted by Crippen LogP contribution is 2.56. The molecule has 1 aromatic rings. The molecule has 1 saturated heterocycles. The van der Waals surface area contributed by atoms with Crippen molar-refractivity contribution in [1.82, 2.24) is 0 Å². The van der Waals surface area contributed by atoms with Gasteiger partial charge in [-0.25, -0.2) is 0 Å². The van der Waals surface area contributed by atoms with Gasteiger partial charge in [-0.2, -0.15) is 0 Å². The highest BCUT2D eigenvalue weighted by atomic mass is 16.7. The van der Waals surface area contributed by atoms with E-state index >= 15 is 0 Å². The molecule has 0 amide bonds. The van der Waals surface area contributed by atoms with Crippen LogP contribution < -0.4 is 4.74 Å². The lowest BCUT2D eigenvalue weighted by atomic mass is 9.59. The molecule has 1 aliphatic heterocycles. The first-order valence-electron chi connectivity index (χ1n) is 12.6. The zero-order chi connectivity index (χ0) is 26.8. The molecule has 10 heteroatoms. The van der Waals surface area contributed by atoms with Crippen molar-refractivity contribution in [3.05, 3.63) is 22.8 Å². The number of aliphatic hydroxyl groups excluding tert-OH is 5. The average Bonchev–Trinajstić information content (AvgIpc) is 2.89. The summed E-state index contributed by atoms with van der Waals surface area (Å²) in [7, 11) is 0. The molecule has 1 saturated carbocycles. The first-order chi connectivity index (χ1) is 16.6. The fourth-order valence-electron chi connectivity index (χ4n) is 6.38. The monoisotopic (exact) mass is 512 g/mol. The van der Waals surface area contributed by atoms with Gasteiger partial charge in [0.15, 0.2) is 11.5 Å². The lowest BCUT2D eigenvalue weighted by Crippen LogP contribution is -2.60. The van der Waals surface area contributed by atoms with Gasteiger partial charge in [-0.1, -0.05) is 20.3 Å². The highest BCUT2D eigenvalue weighted by molar-refractivity contribution is 5.58. The number of phenolic OH excluding ortho intramolecular Hbond substituents is 1. The lowest BCUT2D eigenvalue weighted by molar-refractivity contribution is -0.278. The van der Waals surface area contributed by atoms with Crippen LogP contribution in [0.3, 0.4) is 0 Å². The van der Waals surface area contributed by atoms with E-state index in [9.17, 15) is 40.9 Å². The van der Waals surface area contributed by atoms with Crippen molar-refractivity contribution in [3.63, 3.8) is 0 Å². The van der Waals surface area contributed by atoms with Crippen LogP contribution in [0.5, 0.6) is 11.5 Å². The Bertz CT molecular complexity index is 970. The predicted octanol–water partition coefficient (Wildman–Crippen LogP) is 0.335. The average molecular weight is 513 g/mol. The Morgan fingerprint density at radius 1 is 1.08 bits per heavy atom. The summed E-state index contributed by atoms with van der Waals surface area (Å²) in [6.07, 6.45) is -6.30. The van der Waals surface area contributed by atoms with Crippen molar-refractivity contribution in [2.24, 2.45) is 11.3 Å². The van der Waals surface area contributed by atoms with Crippen LogP contribution in [0.2, 0.25) is 0 Å². The molecule has 8 N–H and O–H groups in total. The predicted molar refractivity (Wildman–Crippen MR) is 127 cm³/mol. The molecular formula is C26H40O10. The number of hydrogen-bond donors (Lipinski definition) is 8. The summed E-state index contributed by atoms with van der Waals surface area (Å²) in [5.41, 5.74) is -2.22. The van der Waals surface area contributed by atoms with E-state index in [2.05, 4.69) is 13.8 Å². The van der Waals surface area contributed by atoms with Gasteiger partial charge < -0.3 is 50.3 Å². The van der Waals surface area contributed by atoms with Crippen LogP contribution in [0.1, 0.15) is 76.2 Å². The Hall–Kier alpha value is -1.50. The summed E-state index contributed by atoms with van der Waals surface area (Å²) < 4.78 is 11.3. The number of ether oxygens (including phenoxy) is 2. The summed E-state index contributed by atoms with van der Waals surface area (Å²) in [6, 6.07) is 1.53. The minimum absolute atomic E-state index is 0.0521. The van der Waals surface area contributed by atoms with Gasteiger partial charge in [-0.3, -0.25) is 0 Å². The Balaban J connectivity index is 1.81. The minimum Gasteiger partial charge on any atom is -0.504 e. The normalized spacial score (nSPS) is 38.6. The van der Waals surface area contributed by atoms with Gasteiger partial charge in [-0.05, 0) is 56.1 Å². The molecule has 1 unspecified atom stereocenters. The molecule has 0 bridgehead atoms. The maximum Gasteiger partial charge on any atom is 0.229 e. The Kier molecular flexibility index (Phi) is 7.15. The fourth-order valence-corrected chi connectivity index (χ4v) is 6.38. The summed E-state index contributed by atoms with van der Waals surface area (Å²) in [5, 5.41) is 85.6. The Morgan fingerprint density at radius 2 is 1.75 bits per heavy atom. The van der Waals surface area contributed by atoms with Crippen LogP contribution >= 0.6 is 0 Å². The van der Waals surface area contributed by atoms with Crippen molar-refractivity contribution in [3.8, 4) is 11.5 Å². The Morgan fingerprint density at radius 3 is 2.36 bits per heavy atom. The third-order valence-corrected chi connectivity index (χ3v) is 8.46. The molecule has 36 heavy (non-hydrogen) atoms. The minimum atomic E-state index is -1.73. The second-order valence-corrected chi connectivity index (χ2v) is 12.0. The summed E-state index contributed by atoms with van der Waals surface area (Å²) in [5.74, 6) is -0.894. The molecule has 2 fully saturated rings. The zero-order valence-corrected chi connectivity index (χ0v) is 21.3. The zero-order valence-electron chi connectivity index (χ0n) is 21.3. The molecule has 8 atom stereocenters. The molecule has 1 aromatic carbocycles. The second-order valence-electron chi connectivity index (χ2n) is 12.0. The molecule has 3 aliphatic rings. The number of rotatable bonds is 4. The van der Waals surface area contributed by atoms with Gasteiger partial charge in [0.2, 0.25) is 6.29 Å². The topological polar surface area (TPSA) is 180 Å². The first kappa shape index (κ1) is 27.5. The van der Waals surface area contributed by atoms with Crippen LogP contribution in [-0.4, -0.2) is 83.8 Å². The van der Waals surface area contributed by atoms with E-state index in [-0.39, 0.29) is 41.1 Å². The van der Waals surface area contributed by atoms with E-state index in [1.807, 2.05) is 0 Å². The standard InChI is InChI=1S/C26H40O10/c1-24(2)6-5-7-26(34)10-13-12(15(28)9-17(24)26)8-14(25(3,4)33)22(18(13)29)36-23-21(32)20(31)19(30)16(11-27)35-23/h8,15-17,19-21,23,27-34H,5-7,9-11H2,1-4H3/t15-,16+,17?,19+,20+,21+,23-,26-/m0/s1. The molecular weight excluding hydrogens is 472 g/mol. The van der Waals surface area contributed by atoms with Gasteiger partial charge in [0, 0.05) is 17.5 Å². The summed E-state index contributed by atoms with van der Waals surface area (Å²) in [4.78, 5) is 0. The van der Waals surface area contributed by atoms with Gasteiger partial charge in [-0.15, -0.1) is 0 Å². The van der Waals surface area contributed by atoms with Crippen LogP contribution in [0.4, 0.5) is 0 Å². The van der Waals surface area contributed by atoms with E-state index < -0.39 is 60.4 Å². The molecule has 1 heterocycles. The van der Waals surface area contributed by atoms with Crippen LogP contribution in [0.25, 0.3) is 0 Å². The third-order valence-electron chi connectivity index (χ3n) is 8.46. The van der Waals surface area contributed by atoms with Crippen molar-refractivity contribution in [2.45, 2.75) is 108 Å². The van der Waals surface area contributed by atoms with Crippen molar-refractivity contribution < 1.29 is 50.3 Å². The van der Waals surface area contributed by atoms with Crippen molar-refractivity contribution >= 4 is 0 Å². The summed E-state index contributed by atoms with van der Waals surface area (Å²) >= 11 is 0. The van der Waals surface area contributed by atoms with Gasteiger partial charge >= 0.3 is 0 Å². The highest BCUT2D eigenvalue weighted by Gasteiger charge is 2.52. The third kappa shape index (κ3) is 4.63.